The highest BCUT2D eigenvalue weighted by Crippen LogP contribution is 2.48. The van der Waals surface area contributed by atoms with E-state index in [1.807, 2.05) is 54.6 Å². The molecule has 0 atom stereocenters. The lowest BCUT2D eigenvalue weighted by atomic mass is 9.68. The number of halogens is 1. The van der Waals surface area contributed by atoms with E-state index in [1.54, 1.807) is 6.07 Å². The van der Waals surface area contributed by atoms with E-state index in [-0.39, 0.29) is 11.6 Å². The minimum atomic E-state index is -0.713. The predicted octanol–water partition coefficient (Wildman–Crippen LogP) is 6.20. The zero-order chi connectivity index (χ0) is 23.5. The van der Waals surface area contributed by atoms with Crippen molar-refractivity contribution in [2.45, 2.75) is 37.5 Å². The van der Waals surface area contributed by atoms with Crippen LogP contribution in [-0.4, -0.2) is 36.1 Å². The number of Topliss-reactive ketones (excluding diaryl/α,β-unsaturated/α-hetero) is 2. The topological polar surface area (TPSA) is 46.6 Å². The first-order chi connectivity index (χ1) is 16.6. The van der Waals surface area contributed by atoms with Gasteiger partial charge < -0.3 is 9.64 Å². The lowest BCUT2D eigenvalue weighted by molar-refractivity contribution is 0.0769. The van der Waals surface area contributed by atoms with Gasteiger partial charge in [-0.15, -0.1) is 0 Å². The number of carbonyl (C=O) groups excluding carboxylic acids is 2. The molecule has 5 heteroatoms. The number of carbonyl (C=O) groups is 2. The number of ether oxygens (including phenoxy) is 1. The van der Waals surface area contributed by atoms with Gasteiger partial charge in [0.2, 0.25) is 0 Å². The molecular formula is C29H28FNO3. The quantitative estimate of drug-likeness (QED) is 0.327. The van der Waals surface area contributed by atoms with Crippen LogP contribution in [-0.2, 0) is 5.41 Å². The van der Waals surface area contributed by atoms with Crippen LogP contribution in [0.1, 0.15) is 58.4 Å². The van der Waals surface area contributed by atoms with Crippen LogP contribution in [0, 0.1) is 5.82 Å². The Morgan fingerprint density at radius 1 is 0.912 bits per heavy atom. The minimum absolute atomic E-state index is 0.0555. The van der Waals surface area contributed by atoms with Crippen molar-refractivity contribution in [3.63, 3.8) is 0 Å². The zero-order valence-electron chi connectivity index (χ0n) is 19.1. The summed E-state index contributed by atoms with van der Waals surface area (Å²) in [5.74, 6) is 0.791. The van der Waals surface area contributed by atoms with Gasteiger partial charge >= 0.3 is 0 Å². The van der Waals surface area contributed by atoms with Crippen LogP contribution in [0.3, 0.4) is 0 Å². The van der Waals surface area contributed by atoms with E-state index in [0.717, 1.165) is 43.6 Å². The third kappa shape index (κ3) is 4.28. The third-order valence-corrected chi connectivity index (χ3v) is 7.18. The maximum atomic E-state index is 14.0. The molecule has 2 heterocycles. The van der Waals surface area contributed by atoms with E-state index in [1.165, 1.54) is 12.1 Å². The Morgan fingerprint density at radius 3 is 2.44 bits per heavy atom. The molecule has 0 amide bonds. The van der Waals surface area contributed by atoms with Crippen molar-refractivity contribution in [1.82, 2.24) is 4.90 Å². The Morgan fingerprint density at radius 2 is 1.65 bits per heavy atom. The summed E-state index contributed by atoms with van der Waals surface area (Å²) in [6, 6.07) is 21.3. The highest BCUT2D eigenvalue weighted by Gasteiger charge is 2.47. The summed E-state index contributed by atoms with van der Waals surface area (Å²) in [5.41, 5.74) is 1.27. The van der Waals surface area contributed by atoms with Gasteiger partial charge in [0, 0.05) is 17.5 Å². The zero-order valence-corrected chi connectivity index (χ0v) is 19.1. The number of rotatable bonds is 6. The van der Waals surface area contributed by atoms with E-state index in [2.05, 4.69) is 4.90 Å². The van der Waals surface area contributed by atoms with Gasteiger partial charge in [0.25, 0.3) is 0 Å². The van der Waals surface area contributed by atoms with Crippen molar-refractivity contribution in [2.24, 2.45) is 0 Å². The highest BCUT2D eigenvalue weighted by atomic mass is 19.1. The van der Waals surface area contributed by atoms with E-state index in [9.17, 15) is 14.0 Å². The fourth-order valence-corrected chi connectivity index (χ4v) is 5.26. The number of unbranched alkanes of at least 4 members (excludes halogenated alkanes) is 1. The monoisotopic (exact) mass is 457 g/mol. The third-order valence-electron chi connectivity index (χ3n) is 7.18. The summed E-state index contributed by atoms with van der Waals surface area (Å²) < 4.78 is 20.1. The van der Waals surface area contributed by atoms with Gasteiger partial charge in [-0.3, -0.25) is 9.59 Å². The fraction of sp³-hybridized carbons (Fsp3) is 0.310. The largest absolute Gasteiger partial charge is 0.456 e. The molecule has 1 fully saturated rings. The van der Waals surface area contributed by atoms with Crippen molar-refractivity contribution in [1.29, 1.82) is 0 Å². The molecule has 0 saturated carbocycles. The summed E-state index contributed by atoms with van der Waals surface area (Å²) in [6.07, 6.45) is 3.65. The second kappa shape index (κ2) is 9.51. The van der Waals surface area contributed by atoms with Gasteiger partial charge in [-0.1, -0.05) is 48.5 Å². The molecule has 0 radical (unpaired) electrons. The Hall–Kier alpha value is -3.31. The van der Waals surface area contributed by atoms with Crippen molar-refractivity contribution < 1.29 is 18.7 Å². The second-order valence-electron chi connectivity index (χ2n) is 9.24. The summed E-state index contributed by atoms with van der Waals surface area (Å²) in [4.78, 5) is 28.5. The average molecular weight is 458 g/mol. The van der Waals surface area contributed by atoms with E-state index in [0.29, 0.717) is 36.3 Å². The summed E-state index contributed by atoms with van der Waals surface area (Å²) in [5, 5.41) is 0. The van der Waals surface area contributed by atoms with Crippen LogP contribution in [0.5, 0.6) is 11.5 Å². The Labute approximate surface area is 199 Å². The molecule has 34 heavy (non-hydrogen) atoms. The van der Waals surface area contributed by atoms with Crippen LogP contribution in [0.25, 0.3) is 0 Å². The maximum absolute atomic E-state index is 14.0. The van der Waals surface area contributed by atoms with E-state index >= 15 is 0 Å². The first-order valence-electron chi connectivity index (χ1n) is 12.0. The molecule has 2 aliphatic heterocycles. The molecule has 0 bridgehead atoms. The van der Waals surface area contributed by atoms with Gasteiger partial charge in [0.15, 0.2) is 11.6 Å². The molecule has 1 saturated heterocycles. The number of hydrogen-bond acceptors (Lipinski definition) is 4. The standard InChI is InChI=1S/C29H28FNO3/c30-22-13-14-26-23(20-22)28(33)29(24-10-4-5-12-27(24)34-26)15-18-31(19-16-29)17-7-6-11-25(32)21-8-2-1-3-9-21/h1-5,8-10,12-14,20H,6-7,11,15-19H2. The van der Waals surface area contributed by atoms with Crippen LogP contribution in [0.2, 0.25) is 0 Å². The van der Waals surface area contributed by atoms with Crippen LogP contribution in [0.15, 0.2) is 72.8 Å². The van der Waals surface area contributed by atoms with Crippen molar-refractivity contribution in [2.75, 3.05) is 19.6 Å². The normalized spacial score (nSPS) is 16.9. The first-order valence-corrected chi connectivity index (χ1v) is 12.0. The van der Waals surface area contributed by atoms with Crippen LogP contribution >= 0.6 is 0 Å². The molecule has 1 spiro atoms. The molecule has 3 aromatic rings. The van der Waals surface area contributed by atoms with Crippen molar-refractivity contribution in [3.05, 3.63) is 95.3 Å². The summed E-state index contributed by atoms with van der Waals surface area (Å²) in [7, 11) is 0. The predicted molar refractivity (Wildman–Crippen MR) is 129 cm³/mol. The molecule has 0 aliphatic carbocycles. The molecule has 5 rings (SSSR count). The Kier molecular flexibility index (Phi) is 6.29. The summed E-state index contributed by atoms with van der Waals surface area (Å²) >= 11 is 0. The molecule has 0 aromatic heterocycles. The number of nitrogens with zero attached hydrogens (tertiary/aromatic N) is 1. The number of hydrogen-bond donors (Lipinski definition) is 0. The van der Waals surface area contributed by atoms with Gasteiger partial charge in [0.05, 0.1) is 11.0 Å². The molecule has 4 nitrogen and oxygen atoms in total. The van der Waals surface area contributed by atoms with Crippen molar-refractivity contribution >= 4 is 11.6 Å². The Bertz CT molecular complexity index is 1200. The number of piperidine rings is 1. The van der Waals surface area contributed by atoms with Gasteiger partial charge in [-0.2, -0.15) is 0 Å². The van der Waals surface area contributed by atoms with Gasteiger partial charge in [-0.05, 0) is 69.6 Å². The number of fused-ring (bicyclic) bond motifs is 3. The minimum Gasteiger partial charge on any atom is -0.456 e. The van der Waals surface area contributed by atoms with Gasteiger partial charge in [-0.25, -0.2) is 4.39 Å². The van der Waals surface area contributed by atoms with E-state index < -0.39 is 11.2 Å². The Balaban J connectivity index is 1.26. The average Bonchev–Trinajstić information content (AvgIpc) is 2.97. The molecule has 0 unspecified atom stereocenters. The highest BCUT2D eigenvalue weighted by molar-refractivity contribution is 6.07. The molecule has 2 aliphatic rings. The van der Waals surface area contributed by atoms with E-state index in [4.69, 9.17) is 4.74 Å². The molecule has 3 aromatic carbocycles. The lowest BCUT2D eigenvalue weighted by Gasteiger charge is -2.40. The fourth-order valence-electron chi connectivity index (χ4n) is 5.26. The number of ketones is 2. The first kappa shape index (κ1) is 22.5. The van der Waals surface area contributed by atoms with Crippen LogP contribution < -0.4 is 4.74 Å². The maximum Gasteiger partial charge on any atom is 0.177 e. The number of benzene rings is 3. The van der Waals surface area contributed by atoms with Crippen molar-refractivity contribution in [3.8, 4) is 11.5 Å². The lowest BCUT2D eigenvalue weighted by Crippen LogP contribution is -2.47. The number of likely N-dealkylation sites (tertiary alicyclic amines) is 1. The van der Waals surface area contributed by atoms with Gasteiger partial charge in [0.1, 0.15) is 17.3 Å². The number of para-hydroxylation sites is 1. The SMILES string of the molecule is O=C(CCCCN1CCC2(CC1)C(=O)c1cc(F)ccc1Oc1ccccc12)c1ccccc1. The second-order valence-corrected chi connectivity index (χ2v) is 9.24. The van der Waals surface area contributed by atoms with Crippen LogP contribution in [0.4, 0.5) is 4.39 Å². The smallest absolute Gasteiger partial charge is 0.177 e. The molecule has 0 N–H and O–H groups in total. The molecule has 174 valence electrons. The summed E-state index contributed by atoms with van der Waals surface area (Å²) in [6.45, 7) is 2.45. The molecular weight excluding hydrogens is 429 g/mol.